The third-order valence-corrected chi connectivity index (χ3v) is 4.01. The third kappa shape index (κ3) is 1.11. The Morgan fingerprint density at radius 2 is 1.50 bits per heavy atom. The molecule has 0 saturated heterocycles. The van der Waals surface area contributed by atoms with Crippen molar-refractivity contribution in [2.45, 2.75) is 12.2 Å². The summed E-state index contributed by atoms with van der Waals surface area (Å²) in [5, 5.41) is 0.737. The molecule has 1 amide bonds. The number of benzene rings is 1. The first-order chi connectivity index (χ1) is 9.61. The number of rotatable bonds is 0. The van der Waals surface area contributed by atoms with Gasteiger partial charge in [0.1, 0.15) is 6.17 Å². The van der Waals surface area contributed by atoms with Crippen molar-refractivity contribution < 1.29 is 4.79 Å². The predicted octanol–water partition coefficient (Wildman–Crippen LogP) is 0.245. The van der Waals surface area contributed by atoms with Crippen LogP contribution in [0.4, 0.5) is 0 Å². The Hall–Kier alpha value is -2.63. The van der Waals surface area contributed by atoms with E-state index < -0.39 is 12.2 Å². The highest BCUT2D eigenvalue weighted by Crippen LogP contribution is 2.30. The molecule has 6 nitrogen and oxygen atoms in total. The van der Waals surface area contributed by atoms with E-state index >= 15 is 0 Å². The minimum atomic E-state index is -0.727. The van der Waals surface area contributed by atoms with Crippen LogP contribution in [0.25, 0.3) is 10.8 Å². The topological polar surface area (TPSA) is 64.3 Å². The zero-order chi connectivity index (χ0) is 14.0. The fourth-order valence-corrected chi connectivity index (χ4v) is 2.99. The SMILES string of the molecule is CN1C(=O)[C@@H]2C=C[C@@H]1n1c(=O)c3ccccc3c(=O)n12. The number of aromatic nitrogens is 2. The first-order valence-corrected chi connectivity index (χ1v) is 6.32. The Kier molecular flexibility index (Phi) is 1.95. The van der Waals surface area contributed by atoms with Gasteiger partial charge in [0.2, 0.25) is 0 Å². The third-order valence-electron chi connectivity index (χ3n) is 4.01. The van der Waals surface area contributed by atoms with Crippen LogP contribution >= 0.6 is 0 Å². The molecule has 0 fully saturated rings. The molecule has 100 valence electrons. The van der Waals surface area contributed by atoms with Crippen molar-refractivity contribution in [3.05, 3.63) is 57.1 Å². The van der Waals surface area contributed by atoms with E-state index in [-0.39, 0.29) is 17.0 Å². The molecular weight excluding hydrogens is 258 g/mol. The van der Waals surface area contributed by atoms with Gasteiger partial charge >= 0.3 is 0 Å². The normalized spacial score (nSPS) is 23.4. The van der Waals surface area contributed by atoms with Crippen molar-refractivity contribution in [2.75, 3.05) is 7.05 Å². The Labute approximate surface area is 113 Å². The van der Waals surface area contributed by atoms with Gasteiger partial charge < -0.3 is 4.90 Å². The maximum atomic E-state index is 12.6. The highest BCUT2D eigenvalue weighted by atomic mass is 16.2. The highest BCUT2D eigenvalue weighted by molar-refractivity contribution is 5.86. The van der Waals surface area contributed by atoms with Gasteiger partial charge in [-0.1, -0.05) is 18.2 Å². The van der Waals surface area contributed by atoms with Crippen LogP contribution in [0.1, 0.15) is 12.2 Å². The quantitative estimate of drug-likeness (QED) is 0.644. The molecule has 3 aliphatic rings. The fraction of sp³-hybridized carbons (Fsp3) is 0.214. The Morgan fingerprint density at radius 1 is 0.900 bits per heavy atom. The van der Waals surface area contributed by atoms with Crippen molar-refractivity contribution in [1.29, 1.82) is 0 Å². The number of carbonyl (C=O) groups excluding carboxylic acids is 1. The van der Waals surface area contributed by atoms with E-state index in [4.69, 9.17) is 0 Å². The van der Waals surface area contributed by atoms with E-state index in [0.717, 1.165) is 0 Å². The van der Waals surface area contributed by atoms with Crippen molar-refractivity contribution in [3.63, 3.8) is 0 Å². The predicted molar refractivity (Wildman–Crippen MR) is 72.5 cm³/mol. The minimum absolute atomic E-state index is 0.172. The summed E-state index contributed by atoms with van der Waals surface area (Å²) >= 11 is 0. The molecule has 3 aliphatic heterocycles. The van der Waals surface area contributed by atoms with Gasteiger partial charge in [0, 0.05) is 7.05 Å². The molecule has 2 bridgehead atoms. The Morgan fingerprint density at radius 3 is 2.15 bits per heavy atom. The van der Waals surface area contributed by atoms with Crippen LogP contribution in [0, 0.1) is 0 Å². The van der Waals surface area contributed by atoms with Crippen molar-refractivity contribution >= 4 is 16.7 Å². The first-order valence-electron chi connectivity index (χ1n) is 6.32. The second-order valence-electron chi connectivity index (χ2n) is 5.04. The maximum Gasteiger partial charge on any atom is 0.275 e. The summed E-state index contributed by atoms with van der Waals surface area (Å²) in [4.78, 5) is 38.8. The molecule has 20 heavy (non-hydrogen) atoms. The van der Waals surface area contributed by atoms with Crippen molar-refractivity contribution in [2.24, 2.45) is 0 Å². The summed E-state index contributed by atoms with van der Waals surface area (Å²) in [5.41, 5.74) is -0.556. The van der Waals surface area contributed by atoms with Gasteiger partial charge in [-0.25, -0.2) is 9.36 Å². The molecule has 0 radical (unpaired) electrons. The van der Waals surface area contributed by atoms with Gasteiger partial charge in [-0.2, -0.15) is 0 Å². The molecule has 1 aromatic heterocycles. The number of nitrogens with zero attached hydrogens (tertiary/aromatic N) is 3. The summed E-state index contributed by atoms with van der Waals surface area (Å²) in [7, 11) is 1.64. The summed E-state index contributed by atoms with van der Waals surface area (Å²) in [6, 6.07) is 5.97. The standard InChI is InChI=1S/C14H11N3O3/c1-15-11-7-6-10(14(15)20)16-12(18)8-4-2-3-5-9(8)13(19)17(11)16/h2-7,10-11H,1H3/t10-,11-/m0/s1. The molecule has 0 saturated carbocycles. The second kappa shape index (κ2) is 3.47. The molecule has 1 aromatic carbocycles. The molecule has 6 heteroatoms. The number of carbonyl (C=O) groups is 1. The summed E-state index contributed by atoms with van der Waals surface area (Å²) in [6.45, 7) is 0. The summed E-state index contributed by atoms with van der Waals surface area (Å²) in [5.74, 6) is -0.172. The van der Waals surface area contributed by atoms with Gasteiger partial charge in [-0.05, 0) is 18.2 Å². The number of amides is 1. The lowest BCUT2D eigenvalue weighted by Crippen LogP contribution is -2.57. The molecule has 0 aliphatic carbocycles. The van der Waals surface area contributed by atoms with E-state index in [9.17, 15) is 14.4 Å². The van der Waals surface area contributed by atoms with Crippen molar-refractivity contribution in [3.8, 4) is 0 Å². The monoisotopic (exact) mass is 269 g/mol. The molecule has 4 heterocycles. The molecular formula is C14H11N3O3. The first kappa shape index (κ1) is 11.2. The number of likely N-dealkylation sites (N-methyl/N-ethyl adjacent to an activating group) is 1. The molecule has 0 unspecified atom stereocenters. The lowest BCUT2D eigenvalue weighted by atomic mass is 10.1. The van der Waals surface area contributed by atoms with Crippen LogP contribution < -0.4 is 11.1 Å². The van der Waals surface area contributed by atoms with Gasteiger partial charge in [0.25, 0.3) is 17.0 Å². The summed E-state index contributed by atoms with van der Waals surface area (Å²) < 4.78 is 2.65. The van der Waals surface area contributed by atoms with E-state index in [1.165, 1.54) is 14.3 Å². The molecule has 5 rings (SSSR count). The molecule has 0 N–H and O–H groups in total. The van der Waals surface area contributed by atoms with Gasteiger partial charge in [-0.15, -0.1) is 0 Å². The van der Waals surface area contributed by atoms with Crippen LogP contribution in [-0.4, -0.2) is 27.2 Å². The van der Waals surface area contributed by atoms with Crippen LogP contribution in [0.15, 0.2) is 46.0 Å². The lowest BCUT2D eigenvalue weighted by Gasteiger charge is -2.41. The second-order valence-corrected chi connectivity index (χ2v) is 5.04. The van der Waals surface area contributed by atoms with Gasteiger partial charge in [0.05, 0.1) is 10.8 Å². The van der Waals surface area contributed by atoms with Crippen LogP contribution in [0.3, 0.4) is 0 Å². The zero-order valence-corrected chi connectivity index (χ0v) is 10.7. The van der Waals surface area contributed by atoms with E-state index in [1.807, 2.05) is 0 Å². The zero-order valence-electron chi connectivity index (χ0n) is 10.7. The molecule has 2 aromatic rings. The van der Waals surface area contributed by atoms with Crippen LogP contribution in [-0.2, 0) is 4.79 Å². The van der Waals surface area contributed by atoms with Gasteiger partial charge in [0.15, 0.2) is 6.04 Å². The van der Waals surface area contributed by atoms with Crippen LogP contribution in [0.2, 0.25) is 0 Å². The lowest BCUT2D eigenvalue weighted by molar-refractivity contribution is -0.141. The highest BCUT2D eigenvalue weighted by Gasteiger charge is 2.40. The van der Waals surface area contributed by atoms with Crippen LogP contribution in [0.5, 0.6) is 0 Å². The van der Waals surface area contributed by atoms with E-state index in [2.05, 4.69) is 0 Å². The largest absolute Gasteiger partial charge is 0.318 e. The average Bonchev–Trinajstić information content (AvgIpc) is 2.48. The Bertz CT molecular complexity index is 906. The smallest absolute Gasteiger partial charge is 0.275 e. The van der Waals surface area contributed by atoms with E-state index in [1.54, 1.807) is 43.5 Å². The average molecular weight is 269 g/mol. The fourth-order valence-electron chi connectivity index (χ4n) is 2.99. The summed E-state index contributed by atoms with van der Waals surface area (Å²) in [6.07, 6.45) is 2.93. The number of fused-ring (bicyclic) bond motifs is 2. The van der Waals surface area contributed by atoms with Crippen molar-refractivity contribution in [1.82, 2.24) is 14.3 Å². The number of hydrogen-bond acceptors (Lipinski definition) is 3. The minimum Gasteiger partial charge on any atom is -0.318 e. The number of hydrogen-bond donors (Lipinski definition) is 0. The van der Waals surface area contributed by atoms with Gasteiger partial charge in [-0.3, -0.25) is 14.4 Å². The molecule has 2 atom stereocenters. The maximum absolute atomic E-state index is 12.6. The Balaban J connectivity index is 2.24. The molecule has 0 spiro atoms. The van der Waals surface area contributed by atoms with E-state index in [0.29, 0.717) is 10.8 Å².